The van der Waals surface area contributed by atoms with Crippen molar-refractivity contribution in [2.24, 2.45) is 5.92 Å². The van der Waals surface area contributed by atoms with Crippen LogP contribution in [0.3, 0.4) is 0 Å². The number of aliphatic hydroxyl groups excluding tert-OH is 1. The Kier molecular flexibility index (Phi) is 6.06. The van der Waals surface area contributed by atoms with Gasteiger partial charge >= 0.3 is 0 Å². The van der Waals surface area contributed by atoms with Crippen LogP contribution in [0.4, 0.5) is 11.6 Å². The molecule has 3 aromatic heterocycles. The minimum absolute atomic E-state index is 0.219. The molecule has 0 amide bonds. The van der Waals surface area contributed by atoms with Crippen molar-refractivity contribution in [3.05, 3.63) is 72.1 Å². The van der Waals surface area contributed by atoms with E-state index in [-0.39, 0.29) is 12.0 Å². The van der Waals surface area contributed by atoms with Crippen LogP contribution >= 0.6 is 0 Å². The Morgan fingerprint density at radius 3 is 2.71 bits per heavy atom. The Morgan fingerprint density at radius 2 is 1.94 bits per heavy atom. The van der Waals surface area contributed by atoms with Gasteiger partial charge in [0.1, 0.15) is 11.6 Å². The standard InChI is InChI=1S/C27H31N7O/c35-24-17-28-12-10-21(24)15-30-25-13-26(34-27(33-25)22(16-32-34)19-8-9-19)31-14-18-4-6-20(7-5-18)23-3-1-2-11-29-23/h1-7,11,13,16,19,21,24,28,31,35H,8-10,12,14-15,17H2,(H,30,33)/t21-,24+/m1/s1. The molecule has 1 aromatic carbocycles. The SMILES string of the molecule is O[C@H]1CNCC[C@@H]1CNc1cc(NCc2ccc(-c3ccccn3)cc2)n2ncc(C3CC3)c2n1. The molecule has 8 heteroatoms. The summed E-state index contributed by atoms with van der Waals surface area (Å²) in [5.74, 6) is 2.51. The number of β-amino-alcohol motifs (C(OH)–C–C–N with tert-alkyl or cyclic N) is 1. The van der Waals surface area contributed by atoms with E-state index in [0.717, 1.165) is 41.5 Å². The van der Waals surface area contributed by atoms with Gasteiger partial charge in [0, 0.05) is 48.9 Å². The maximum Gasteiger partial charge on any atom is 0.163 e. The van der Waals surface area contributed by atoms with Gasteiger partial charge in [-0.05, 0) is 49.4 Å². The quantitative estimate of drug-likeness (QED) is 0.313. The number of rotatable bonds is 8. The van der Waals surface area contributed by atoms with Crippen LogP contribution in [-0.2, 0) is 6.54 Å². The maximum absolute atomic E-state index is 10.3. The number of anilines is 2. The van der Waals surface area contributed by atoms with Crippen LogP contribution in [0.5, 0.6) is 0 Å². The van der Waals surface area contributed by atoms with Gasteiger partial charge in [-0.15, -0.1) is 0 Å². The van der Waals surface area contributed by atoms with E-state index in [1.807, 2.05) is 41.2 Å². The Hall–Kier alpha value is -3.49. The molecule has 4 aromatic rings. The highest BCUT2D eigenvalue weighted by molar-refractivity contribution is 5.62. The Labute approximate surface area is 204 Å². The van der Waals surface area contributed by atoms with Gasteiger partial charge in [-0.3, -0.25) is 4.98 Å². The highest BCUT2D eigenvalue weighted by atomic mass is 16.3. The van der Waals surface area contributed by atoms with Crippen molar-refractivity contribution in [2.75, 3.05) is 30.3 Å². The molecule has 8 nitrogen and oxygen atoms in total. The lowest BCUT2D eigenvalue weighted by Crippen LogP contribution is -2.43. The second-order valence-electron chi connectivity index (χ2n) is 9.60. The third kappa shape index (κ3) is 4.85. The molecule has 1 saturated heterocycles. The van der Waals surface area contributed by atoms with Crippen molar-refractivity contribution in [1.29, 1.82) is 0 Å². The molecule has 180 valence electrons. The van der Waals surface area contributed by atoms with Crippen LogP contribution in [0.15, 0.2) is 60.9 Å². The molecular weight excluding hydrogens is 438 g/mol. The van der Waals surface area contributed by atoms with Crippen LogP contribution < -0.4 is 16.0 Å². The molecule has 0 unspecified atom stereocenters. The topological polar surface area (TPSA) is 99.4 Å². The molecule has 0 bridgehead atoms. The van der Waals surface area contributed by atoms with Crippen molar-refractivity contribution in [1.82, 2.24) is 24.9 Å². The van der Waals surface area contributed by atoms with Gasteiger partial charge in [0.05, 0.1) is 18.0 Å². The van der Waals surface area contributed by atoms with Crippen molar-refractivity contribution in [3.63, 3.8) is 0 Å². The number of nitrogens with one attached hydrogen (secondary N) is 3. The number of pyridine rings is 1. The number of nitrogens with zero attached hydrogens (tertiary/aromatic N) is 4. The molecule has 0 radical (unpaired) electrons. The second-order valence-corrected chi connectivity index (χ2v) is 9.60. The number of hydrogen-bond donors (Lipinski definition) is 4. The summed E-state index contributed by atoms with van der Waals surface area (Å²) in [5, 5.41) is 25.3. The molecule has 0 spiro atoms. The second kappa shape index (κ2) is 9.64. The molecule has 1 aliphatic heterocycles. The van der Waals surface area contributed by atoms with E-state index in [2.05, 4.69) is 50.3 Å². The summed E-state index contributed by atoms with van der Waals surface area (Å²) in [7, 11) is 0. The summed E-state index contributed by atoms with van der Waals surface area (Å²) >= 11 is 0. The average molecular weight is 470 g/mol. The van der Waals surface area contributed by atoms with Gasteiger partial charge in [0.25, 0.3) is 0 Å². The molecule has 35 heavy (non-hydrogen) atoms. The first-order chi connectivity index (χ1) is 17.2. The fraction of sp³-hybridized carbons (Fsp3) is 0.370. The lowest BCUT2D eigenvalue weighted by molar-refractivity contribution is 0.0883. The smallest absolute Gasteiger partial charge is 0.163 e. The van der Waals surface area contributed by atoms with Gasteiger partial charge in [-0.2, -0.15) is 9.61 Å². The summed E-state index contributed by atoms with van der Waals surface area (Å²) in [6, 6.07) is 16.5. The predicted octanol–water partition coefficient (Wildman–Crippen LogP) is 3.66. The molecule has 2 atom stereocenters. The zero-order valence-electron chi connectivity index (χ0n) is 19.7. The summed E-state index contributed by atoms with van der Waals surface area (Å²) in [5.41, 5.74) is 5.39. The van der Waals surface area contributed by atoms with Crippen LogP contribution in [0.25, 0.3) is 16.9 Å². The van der Waals surface area contributed by atoms with Gasteiger partial charge in [0.2, 0.25) is 0 Å². The van der Waals surface area contributed by atoms with Gasteiger partial charge < -0.3 is 21.1 Å². The van der Waals surface area contributed by atoms with Crippen molar-refractivity contribution in [3.8, 4) is 11.3 Å². The van der Waals surface area contributed by atoms with E-state index < -0.39 is 0 Å². The molecule has 1 saturated carbocycles. The summed E-state index contributed by atoms with van der Waals surface area (Å²) in [6.45, 7) is 2.97. The zero-order valence-corrected chi connectivity index (χ0v) is 19.7. The van der Waals surface area contributed by atoms with Crippen LogP contribution in [0.1, 0.15) is 36.3 Å². The first kappa shape index (κ1) is 22.0. The fourth-order valence-corrected chi connectivity index (χ4v) is 4.77. The number of fused-ring (bicyclic) bond motifs is 1. The van der Waals surface area contributed by atoms with Gasteiger partial charge in [-0.25, -0.2) is 4.98 Å². The van der Waals surface area contributed by atoms with E-state index in [1.165, 1.54) is 24.0 Å². The number of hydrogen-bond acceptors (Lipinski definition) is 7. The van der Waals surface area contributed by atoms with E-state index >= 15 is 0 Å². The molecule has 1 aliphatic carbocycles. The van der Waals surface area contributed by atoms with Gasteiger partial charge in [-0.1, -0.05) is 30.3 Å². The van der Waals surface area contributed by atoms with Crippen molar-refractivity contribution >= 4 is 17.3 Å². The monoisotopic (exact) mass is 469 g/mol. The average Bonchev–Trinajstić information content (AvgIpc) is 3.66. The third-order valence-corrected chi connectivity index (χ3v) is 7.04. The molecule has 2 aliphatic rings. The van der Waals surface area contributed by atoms with Crippen molar-refractivity contribution < 1.29 is 5.11 Å². The van der Waals surface area contributed by atoms with Crippen LogP contribution in [0, 0.1) is 5.92 Å². The molecule has 6 rings (SSSR count). The van der Waals surface area contributed by atoms with Gasteiger partial charge in [0.15, 0.2) is 5.65 Å². The maximum atomic E-state index is 10.3. The predicted molar refractivity (Wildman–Crippen MR) is 137 cm³/mol. The lowest BCUT2D eigenvalue weighted by Gasteiger charge is -2.28. The lowest BCUT2D eigenvalue weighted by atomic mass is 9.95. The van der Waals surface area contributed by atoms with E-state index in [0.29, 0.717) is 25.6 Å². The van der Waals surface area contributed by atoms with Crippen LogP contribution in [0.2, 0.25) is 0 Å². The highest BCUT2D eigenvalue weighted by Crippen LogP contribution is 2.42. The number of piperidine rings is 1. The first-order valence-electron chi connectivity index (χ1n) is 12.5. The van der Waals surface area contributed by atoms with E-state index in [1.54, 1.807) is 0 Å². The summed E-state index contributed by atoms with van der Waals surface area (Å²) in [6.07, 6.45) is 6.81. The largest absolute Gasteiger partial charge is 0.391 e. The Bertz CT molecular complexity index is 1280. The highest BCUT2D eigenvalue weighted by Gasteiger charge is 2.28. The number of aromatic nitrogens is 4. The van der Waals surface area contributed by atoms with E-state index in [4.69, 9.17) is 4.98 Å². The Balaban J connectivity index is 1.21. The Morgan fingerprint density at radius 1 is 1.06 bits per heavy atom. The molecular formula is C27H31N7O. The van der Waals surface area contributed by atoms with E-state index in [9.17, 15) is 5.11 Å². The fourth-order valence-electron chi connectivity index (χ4n) is 4.77. The summed E-state index contributed by atoms with van der Waals surface area (Å²) < 4.78 is 1.92. The minimum Gasteiger partial charge on any atom is -0.391 e. The third-order valence-electron chi connectivity index (χ3n) is 7.04. The summed E-state index contributed by atoms with van der Waals surface area (Å²) in [4.78, 5) is 9.35. The molecule has 4 N–H and O–H groups in total. The molecule has 2 fully saturated rings. The van der Waals surface area contributed by atoms with Crippen LogP contribution in [-0.4, -0.2) is 50.4 Å². The van der Waals surface area contributed by atoms with Crippen molar-refractivity contribution in [2.45, 2.75) is 37.8 Å². The normalized spacial score (nSPS) is 20.1. The minimum atomic E-state index is -0.330. The zero-order chi connectivity index (χ0) is 23.6. The molecule has 4 heterocycles. The first-order valence-corrected chi connectivity index (χ1v) is 12.5. The number of benzene rings is 1. The number of aliphatic hydroxyl groups is 1.